The Labute approximate surface area is 147 Å². The first-order valence-electron chi connectivity index (χ1n) is 8.64. The van der Waals surface area contributed by atoms with Crippen molar-refractivity contribution in [1.29, 1.82) is 0 Å². The molecule has 1 heterocycles. The minimum absolute atomic E-state index is 0.0357. The topological polar surface area (TPSA) is 56.8 Å². The fourth-order valence-corrected chi connectivity index (χ4v) is 2.72. The zero-order chi connectivity index (χ0) is 17.5. The number of hydrogen-bond donors (Lipinski definition) is 1. The van der Waals surface area contributed by atoms with Crippen LogP contribution < -0.4 is 14.8 Å². The van der Waals surface area contributed by atoms with E-state index in [1.807, 2.05) is 55.5 Å². The Hall–Kier alpha value is -2.53. The number of benzene rings is 2. The number of anilines is 1. The van der Waals surface area contributed by atoms with Crippen LogP contribution >= 0.6 is 0 Å². The molecule has 1 aliphatic heterocycles. The summed E-state index contributed by atoms with van der Waals surface area (Å²) in [6, 6.07) is 14.9. The first-order valence-corrected chi connectivity index (χ1v) is 8.64. The number of rotatable bonds is 6. The zero-order valence-corrected chi connectivity index (χ0v) is 14.4. The van der Waals surface area contributed by atoms with Crippen LogP contribution in [0.5, 0.6) is 17.2 Å². The van der Waals surface area contributed by atoms with Gasteiger partial charge < -0.3 is 19.5 Å². The van der Waals surface area contributed by atoms with E-state index < -0.39 is 0 Å². The van der Waals surface area contributed by atoms with Gasteiger partial charge in [0.25, 0.3) is 0 Å². The highest BCUT2D eigenvalue weighted by atomic mass is 16.5. The largest absolute Gasteiger partial charge is 0.494 e. The van der Waals surface area contributed by atoms with E-state index in [9.17, 15) is 4.79 Å². The summed E-state index contributed by atoms with van der Waals surface area (Å²) in [5.41, 5.74) is 0.774. The molecule has 0 bridgehead atoms. The molecule has 5 nitrogen and oxygen atoms in total. The molecule has 5 heteroatoms. The summed E-state index contributed by atoms with van der Waals surface area (Å²) in [7, 11) is 0. The average molecular weight is 341 g/mol. The maximum absolute atomic E-state index is 12.2. The van der Waals surface area contributed by atoms with Gasteiger partial charge in [-0.3, -0.25) is 4.79 Å². The summed E-state index contributed by atoms with van der Waals surface area (Å²) >= 11 is 0. The molecule has 0 atom stereocenters. The van der Waals surface area contributed by atoms with Crippen molar-refractivity contribution in [2.24, 2.45) is 5.92 Å². The fraction of sp³-hybridized carbons (Fsp3) is 0.350. The third kappa shape index (κ3) is 4.97. The summed E-state index contributed by atoms with van der Waals surface area (Å²) in [6.07, 6.45) is 1.57. The van der Waals surface area contributed by atoms with Crippen molar-refractivity contribution < 1.29 is 19.0 Å². The third-order valence-electron chi connectivity index (χ3n) is 4.08. The van der Waals surface area contributed by atoms with Crippen LogP contribution in [-0.2, 0) is 9.53 Å². The maximum Gasteiger partial charge on any atom is 0.227 e. The standard InChI is InChI=1S/C20H23NO4/c1-2-24-17-7-9-19(10-8-17)25-18-5-3-16(4-6-18)21-20(22)15-11-13-23-14-12-15/h3-10,15H,2,11-14H2,1H3,(H,21,22). The Morgan fingerprint density at radius 2 is 1.56 bits per heavy atom. The van der Waals surface area contributed by atoms with Crippen molar-refractivity contribution in [3.05, 3.63) is 48.5 Å². The molecule has 1 saturated heterocycles. The van der Waals surface area contributed by atoms with Crippen LogP contribution in [-0.4, -0.2) is 25.7 Å². The number of carbonyl (C=O) groups excluding carboxylic acids is 1. The van der Waals surface area contributed by atoms with E-state index in [-0.39, 0.29) is 11.8 Å². The van der Waals surface area contributed by atoms with E-state index >= 15 is 0 Å². The maximum atomic E-state index is 12.2. The fourth-order valence-electron chi connectivity index (χ4n) is 2.72. The summed E-state index contributed by atoms with van der Waals surface area (Å²) in [5.74, 6) is 2.37. The summed E-state index contributed by atoms with van der Waals surface area (Å²) in [4.78, 5) is 12.2. The molecule has 1 amide bonds. The number of amides is 1. The Balaban J connectivity index is 1.55. The Morgan fingerprint density at radius 3 is 2.16 bits per heavy atom. The Morgan fingerprint density at radius 1 is 1.00 bits per heavy atom. The number of ether oxygens (including phenoxy) is 3. The zero-order valence-electron chi connectivity index (χ0n) is 14.4. The summed E-state index contributed by atoms with van der Waals surface area (Å²) in [5, 5.41) is 2.96. The molecule has 3 rings (SSSR count). The van der Waals surface area contributed by atoms with Crippen molar-refractivity contribution >= 4 is 11.6 Å². The van der Waals surface area contributed by atoms with Gasteiger partial charge in [0.1, 0.15) is 17.2 Å². The van der Waals surface area contributed by atoms with Gasteiger partial charge in [0, 0.05) is 24.8 Å². The highest BCUT2D eigenvalue weighted by Gasteiger charge is 2.21. The van der Waals surface area contributed by atoms with Gasteiger partial charge >= 0.3 is 0 Å². The van der Waals surface area contributed by atoms with Gasteiger partial charge in [-0.2, -0.15) is 0 Å². The number of carbonyl (C=O) groups is 1. The molecule has 0 spiro atoms. The smallest absolute Gasteiger partial charge is 0.227 e. The molecular weight excluding hydrogens is 318 g/mol. The van der Waals surface area contributed by atoms with Crippen LogP contribution in [0.4, 0.5) is 5.69 Å². The molecular formula is C20H23NO4. The van der Waals surface area contributed by atoms with E-state index in [0.717, 1.165) is 30.0 Å². The second-order valence-corrected chi connectivity index (χ2v) is 5.91. The Kier molecular flexibility index (Phi) is 5.90. The van der Waals surface area contributed by atoms with E-state index in [1.54, 1.807) is 0 Å². The molecule has 0 unspecified atom stereocenters. The van der Waals surface area contributed by atoms with Crippen LogP contribution in [0, 0.1) is 5.92 Å². The van der Waals surface area contributed by atoms with Gasteiger partial charge in [0.15, 0.2) is 0 Å². The first kappa shape index (κ1) is 17.3. The van der Waals surface area contributed by atoms with Crippen LogP contribution in [0.15, 0.2) is 48.5 Å². The third-order valence-corrected chi connectivity index (χ3v) is 4.08. The first-order chi connectivity index (χ1) is 12.2. The second kappa shape index (κ2) is 8.53. The van der Waals surface area contributed by atoms with Gasteiger partial charge in [-0.05, 0) is 68.3 Å². The van der Waals surface area contributed by atoms with Crippen LogP contribution in [0.2, 0.25) is 0 Å². The van der Waals surface area contributed by atoms with Gasteiger partial charge in [0.2, 0.25) is 5.91 Å². The normalized spacial score (nSPS) is 14.8. The molecule has 132 valence electrons. The average Bonchev–Trinajstić information content (AvgIpc) is 2.66. The lowest BCUT2D eigenvalue weighted by molar-refractivity contribution is -0.122. The lowest BCUT2D eigenvalue weighted by Gasteiger charge is -2.21. The predicted octanol–water partition coefficient (Wildman–Crippen LogP) is 4.24. The predicted molar refractivity (Wildman–Crippen MR) is 96.3 cm³/mol. The molecule has 1 fully saturated rings. The van der Waals surface area contributed by atoms with Crippen LogP contribution in [0.25, 0.3) is 0 Å². The SMILES string of the molecule is CCOc1ccc(Oc2ccc(NC(=O)C3CCOCC3)cc2)cc1. The van der Waals surface area contributed by atoms with E-state index in [2.05, 4.69) is 5.32 Å². The van der Waals surface area contributed by atoms with Crippen molar-refractivity contribution in [3.63, 3.8) is 0 Å². The highest BCUT2D eigenvalue weighted by molar-refractivity contribution is 5.92. The van der Waals surface area contributed by atoms with E-state index in [4.69, 9.17) is 14.2 Å². The monoisotopic (exact) mass is 341 g/mol. The molecule has 0 aliphatic carbocycles. The van der Waals surface area contributed by atoms with Gasteiger partial charge in [-0.15, -0.1) is 0 Å². The molecule has 0 saturated carbocycles. The summed E-state index contributed by atoms with van der Waals surface area (Å²) < 4.78 is 16.5. The van der Waals surface area contributed by atoms with Crippen LogP contribution in [0.1, 0.15) is 19.8 Å². The van der Waals surface area contributed by atoms with Crippen molar-refractivity contribution in [2.45, 2.75) is 19.8 Å². The van der Waals surface area contributed by atoms with Crippen LogP contribution in [0.3, 0.4) is 0 Å². The van der Waals surface area contributed by atoms with Gasteiger partial charge in [-0.1, -0.05) is 0 Å². The molecule has 2 aromatic rings. The van der Waals surface area contributed by atoms with Gasteiger partial charge in [-0.25, -0.2) is 0 Å². The Bertz CT molecular complexity index is 676. The quantitative estimate of drug-likeness (QED) is 0.854. The summed E-state index contributed by atoms with van der Waals surface area (Å²) in [6.45, 7) is 3.91. The molecule has 0 radical (unpaired) electrons. The minimum atomic E-state index is 0.0357. The number of nitrogens with one attached hydrogen (secondary N) is 1. The van der Waals surface area contributed by atoms with E-state index in [0.29, 0.717) is 25.6 Å². The lowest BCUT2D eigenvalue weighted by atomic mass is 9.99. The number of hydrogen-bond acceptors (Lipinski definition) is 4. The molecule has 1 aliphatic rings. The lowest BCUT2D eigenvalue weighted by Crippen LogP contribution is -2.28. The van der Waals surface area contributed by atoms with Gasteiger partial charge in [0.05, 0.1) is 6.61 Å². The molecule has 2 aromatic carbocycles. The van der Waals surface area contributed by atoms with Crippen molar-refractivity contribution in [2.75, 3.05) is 25.1 Å². The molecule has 1 N–H and O–H groups in total. The minimum Gasteiger partial charge on any atom is -0.494 e. The van der Waals surface area contributed by atoms with E-state index in [1.165, 1.54) is 0 Å². The highest BCUT2D eigenvalue weighted by Crippen LogP contribution is 2.25. The second-order valence-electron chi connectivity index (χ2n) is 5.91. The van der Waals surface area contributed by atoms with Crippen molar-refractivity contribution in [1.82, 2.24) is 0 Å². The molecule has 0 aromatic heterocycles. The molecule has 25 heavy (non-hydrogen) atoms. The van der Waals surface area contributed by atoms with Crippen molar-refractivity contribution in [3.8, 4) is 17.2 Å².